The number of hydrogen-bond acceptors (Lipinski definition) is 6. The molecule has 1 aromatic heterocycles. The van der Waals surface area contributed by atoms with Gasteiger partial charge in [-0.3, -0.25) is 0 Å². The van der Waals surface area contributed by atoms with Crippen LogP contribution in [0, 0.1) is 6.92 Å². The van der Waals surface area contributed by atoms with E-state index in [9.17, 15) is 4.79 Å². The molecule has 0 fully saturated rings. The molecule has 0 saturated carbocycles. The number of carbonyl (C=O) groups excluding carboxylic acids is 1. The van der Waals surface area contributed by atoms with Crippen LogP contribution in [-0.2, 0) is 16.1 Å². The van der Waals surface area contributed by atoms with Crippen LogP contribution in [0.15, 0.2) is 16.2 Å². The molecule has 0 aliphatic carbocycles. The quantitative estimate of drug-likeness (QED) is 0.449. The lowest BCUT2D eigenvalue weighted by molar-refractivity contribution is -0.136. The van der Waals surface area contributed by atoms with Crippen molar-refractivity contribution in [3.63, 3.8) is 0 Å². The predicted octanol–water partition coefficient (Wildman–Crippen LogP) is 0.587. The van der Waals surface area contributed by atoms with Crippen LogP contribution >= 0.6 is 0 Å². The molecule has 6 heteroatoms. The Morgan fingerprint density at radius 2 is 2.38 bits per heavy atom. The van der Waals surface area contributed by atoms with Gasteiger partial charge >= 0.3 is 5.97 Å². The molecule has 88 valence electrons. The zero-order chi connectivity index (χ0) is 12.0. The van der Waals surface area contributed by atoms with E-state index >= 15 is 0 Å². The van der Waals surface area contributed by atoms with Gasteiger partial charge in [-0.15, -0.1) is 0 Å². The Morgan fingerprint density at radius 3 is 2.94 bits per heavy atom. The third kappa shape index (κ3) is 3.82. The van der Waals surface area contributed by atoms with Gasteiger partial charge in [0.15, 0.2) is 5.82 Å². The molecule has 0 unspecified atom stereocenters. The van der Waals surface area contributed by atoms with Crippen molar-refractivity contribution in [2.45, 2.75) is 20.4 Å². The summed E-state index contributed by atoms with van der Waals surface area (Å²) in [6.07, 6.45) is 1.75. The second-order valence-corrected chi connectivity index (χ2v) is 3.24. The minimum absolute atomic E-state index is 0.324. The maximum atomic E-state index is 11.0. The molecule has 1 aromatic rings. The molecular weight excluding hydrogens is 210 g/mol. The van der Waals surface area contributed by atoms with E-state index in [4.69, 9.17) is 4.52 Å². The first-order valence-electron chi connectivity index (χ1n) is 4.88. The van der Waals surface area contributed by atoms with Crippen LogP contribution in [0.4, 0.5) is 0 Å². The number of esters is 1. The first-order chi connectivity index (χ1) is 7.63. The van der Waals surface area contributed by atoms with E-state index in [-0.39, 0.29) is 5.97 Å². The third-order valence-corrected chi connectivity index (χ3v) is 1.91. The molecule has 1 heterocycles. The zero-order valence-electron chi connectivity index (χ0n) is 9.61. The molecule has 6 nitrogen and oxygen atoms in total. The van der Waals surface area contributed by atoms with E-state index in [0.29, 0.717) is 30.4 Å². The predicted molar refractivity (Wildman–Crippen MR) is 56.5 cm³/mol. The number of aryl methyl sites for hydroxylation is 1. The molecule has 0 amide bonds. The number of ether oxygens (including phenoxy) is 1. The fourth-order valence-electron chi connectivity index (χ4n) is 1.06. The van der Waals surface area contributed by atoms with Crippen molar-refractivity contribution < 1.29 is 14.1 Å². The van der Waals surface area contributed by atoms with Gasteiger partial charge in [-0.2, -0.15) is 4.98 Å². The highest BCUT2D eigenvalue weighted by atomic mass is 16.5. The minimum Gasteiger partial charge on any atom is -0.466 e. The van der Waals surface area contributed by atoms with Gasteiger partial charge in [-0.25, -0.2) is 4.79 Å². The van der Waals surface area contributed by atoms with E-state index in [1.807, 2.05) is 0 Å². The lowest BCUT2D eigenvalue weighted by Gasteiger charge is -1.99. The molecular formula is C10H15N3O3. The van der Waals surface area contributed by atoms with Crippen LogP contribution in [0.5, 0.6) is 0 Å². The largest absolute Gasteiger partial charge is 0.466 e. The number of rotatable bonds is 5. The summed E-state index contributed by atoms with van der Waals surface area (Å²) in [6.45, 7) is 4.48. The molecule has 0 bridgehead atoms. The molecule has 0 radical (unpaired) electrons. The lowest BCUT2D eigenvalue weighted by atomic mass is 10.3. The number of methoxy groups -OCH3 is 1. The van der Waals surface area contributed by atoms with Crippen molar-refractivity contribution in [1.29, 1.82) is 0 Å². The van der Waals surface area contributed by atoms with Crippen LogP contribution < -0.4 is 5.32 Å². The third-order valence-electron chi connectivity index (χ3n) is 1.91. The Labute approximate surface area is 93.7 Å². The second kappa shape index (κ2) is 6.02. The standard InChI is InChI=1S/C10H15N3O3/c1-7(10(14)15-3)4-5-11-6-9-12-8(2)13-16-9/h4,11H,5-6H2,1-3H3. The van der Waals surface area contributed by atoms with Gasteiger partial charge in [0.05, 0.1) is 13.7 Å². The Morgan fingerprint density at radius 1 is 1.62 bits per heavy atom. The van der Waals surface area contributed by atoms with Crippen LogP contribution in [-0.4, -0.2) is 29.8 Å². The first kappa shape index (κ1) is 12.4. The summed E-state index contributed by atoms with van der Waals surface area (Å²) in [5.74, 6) is 0.815. The van der Waals surface area contributed by atoms with Crippen molar-refractivity contribution in [3.05, 3.63) is 23.4 Å². The van der Waals surface area contributed by atoms with Gasteiger partial charge in [0.2, 0.25) is 5.89 Å². The Bertz CT molecular complexity index is 384. The van der Waals surface area contributed by atoms with Crippen LogP contribution in [0.2, 0.25) is 0 Å². The summed E-state index contributed by atoms with van der Waals surface area (Å²) in [4.78, 5) is 15.0. The maximum absolute atomic E-state index is 11.0. The number of hydrogen-bond donors (Lipinski definition) is 1. The second-order valence-electron chi connectivity index (χ2n) is 3.24. The highest BCUT2D eigenvalue weighted by Gasteiger charge is 2.03. The molecule has 0 aromatic carbocycles. The van der Waals surface area contributed by atoms with Crippen LogP contribution in [0.1, 0.15) is 18.6 Å². The first-order valence-corrected chi connectivity index (χ1v) is 4.88. The maximum Gasteiger partial charge on any atom is 0.333 e. The smallest absolute Gasteiger partial charge is 0.333 e. The summed E-state index contributed by atoms with van der Waals surface area (Å²) in [6, 6.07) is 0. The number of nitrogens with zero attached hydrogens (tertiary/aromatic N) is 2. The van der Waals surface area contributed by atoms with Gasteiger partial charge in [0, 0.05) is 12.1 Å². The topological polar surface area (TPSA) is 77.2 Å². The summed E-state index contributed by atoms with van der Waals surface area (Å²) >= 11 is 0. The SMILES string of the molecule is COC(=O)C(C)=CCNCc1nc(C)no1. The summed E-state index contributed by atoms with van der Waals surface area (Å²) in [5, 5.41) is 6.70. The molecule has 0 spiro atoms. The molecule has 1 N–H and O–H groups in total. The Kier molecular flexibility index (Phi) is 4.65. The molecule has 0 atom stereocenters. The zero-order valence-corrected chi connectivity index (χ0v) is 9.61. The summed E-state index contributed by atoms with van der Waals surface area (Å²) in [5.41, 5.74) is 0.566. The normalized spacial score (nSPS) is 11.6. The van der Waals surface area contributed by atoms with E-state index in [1.54, 1.807) is 19.9 Å². The summed E-state index contributed by atoms with van der Waals surface area (Å²) in [7, 11) is 1.36. The van der Waals surface area contributed by atoms with Crippen molar-refractivity contribution in [2.75, 3.05) is 13.7 Å². The minimum atomic E-state index is -0.324. The highest BCUT2D eigenvalue weighted by molar-refractivity contribution is 5.87. The Balaban J connectivity index is 2.28. The van der Waals surface area contributed by atoms with E-state index < -0.39 is 0 Å². The van der Waals surface area contributed by atoms with Gasteiger partial charge in [-0.05, 0) is 13.8 Å². The fourth-order valence-corrected chi connectivity index (χ4v) is 1.06. The molecule has 0 saturated heterocycles. The molecule has 16 heavy (non-hydrogen) atoms. The molecule has 1 rings (SSSR count). The van der Waals surface area contributed by atoms with E-state index in [2.05, 4.69) is 20.2 Å². The lowest BCUT2D eigenvalue weighted by Crippen LogP contribution is -2.14. The summed E-state index contributed by atoms with van der Waals surface area (Å²) < 4.78 is 9.46. The van der Waals surface area contributed by atoms with Crippen LogP contribution in [0.3, 0.4) is 0 Å². The highest BCUT2D eigenvalue weighted by Crippen LogP contribution is 1.96. The molecule has 0 aliphatic heterocycles. The number of aromatic nitrogens is 2. The van der Waals surface area contributed by atoms with Crippen LogP contribution in [0.25, 0.3) is 0 Å². The van der Waals surface area contributed by atoms with Crippen molar-refractivity contribution >= 4 is 5.97 Å². The van der Waals surface area contributed by atoms with Gasteiger partial charge in [0.1, 0.15) is 0 Å². The van der Waals surface area contributed by atoms with E-state index in [0.717, 1.165) is 0 Å². The molecule has 0 aliphatic rings. The van der Waals surface area contributed by atoms with Crippen molar-refractivity contribution in [3.8, 4) is 0 Å². The number of nitrogens with one attached hydrogen (secondary N) is 1. The van der Waals surface area contributed by atoms with Crippen molar-refractivity contribution in [1.82, 2.24) is 15.5 Å². The van der Waals surface area contributed by atoms with Gasteiger partial charge in [0.25, 0.3) is 0 Å². The fraction of sp³-hybridized carbons (Fsp3) is 0.500. The average Bonchev–Trinajstić information content (AvgIpc) is 2.69. The van der Waals surface area contributed by atoms with Gasteiger partial charge in [-0.1, -0.05) is 11.2 Å². The van der Waals surface area contributed by atoms with Gasteiger partial charge < -0.3 is 14.6 Å². The number of carbonyl (C=O) groups is 1. The monoisotopic (exact) mass is 225 g/mol. The van der Waals surface area contributed by atoms with Crippen molar-refractivity contribution in [2.24, 2.45) is 0 Å². The average molecular weight is 225 g/mol. The Hall–Kier alpha value is -1.69. The van der Waals surface area contributed by atoms with E-state index in [1.165, 1.54) is 7.11 Å².